The molecule has 0 unspecified atom stereocenters. The minimum absolute atomic E-state index is 0.0603. The van der Waals surface area contributed by atoms with Crippen LogP contribution < -0.4 is 5.73 Å². The molecule has 3 nitrogen and oxygen atoms in total. The molecule has 1 saturated carbocycles. The van der Waals surface area contributed by atoms with Gasteiger partial charge >= 0.3 is 0 Å². The van der Waals surface area contributed by atoms with Crippen LogP contribution in [-0.2, 0) is 5.41 Å². The Hall–Kier alpha value is -1.74. The Labute approximate surface area is 101 Å². The van der Waals surface area contributed by atoms with Gasteiger partial charge in [-0.1, -0.05) is 30.3 Å². The molecule has 3 heteroatoms. The van der Waals surface area contributed by atoms with E-state index in [4.69, 9.17) is 5.73 Å². The van der Waals surface area contributed by atoms with Gasteiger partial charge in [0.25, 0.3) is 0 Å². The predicted molar refractivity (Wildman–Crippen MR) is 67.4 cm³/mol. The molecule has 17 heavy (non-hydrogen) atoms. The van der Waals surface area contributed by atoms with Crippen molar-refractivity contribution in [3.05, 3.63) is 48.4 Å². The van der Waals surface area contributed by atoms with Crippen molar-refractivity contribution in [2.75, 3.05) is 6.54 Å². The van der Waals surface area contributed by atoms with Crippen molar-refractivity contribution in [2.24, 2.45) is 5.73 Å². The second kappa shape index (κ2) is 3.93. The smallest absolute Gasteiger partial charge is 0.136 e. The predicted octanol–water partition coefficient (Wildman–Crippen LogP) is 2.13. The van der Waals surface area contributed by atoms with Crippen LogP contribution in [0, 0.1) is 0 Å². The first-order chi connectivity index (χ1) is 8.34. The fourth-order valence-corrected chi connectivity index (χ4v) is 2.05. The van der Waals surface area contributed by atoms with E-state index in [9.17, 15) is 0 Å². The van der Waals surface area contributed by atoms with Crippen molar-refractivity contribution in [3.63, 3.8) is 0 Å². The highest BCUT2D eigenvalue weighted by atomic mass is 14.9. The molecule has 86 valence electrons. The molecule has 0 atom stereocenters. The van der Waals surface area contributed by atoms with Gasteiger partial charge in [-0.3, -0.25) is 0 Å². The van der Waals surface area contributed by atoms with Gasteiger partial charge in [-0.2, -0.15) is 0 Å². The summed E-state index contributed by atoms with van der Waals surface area (Å²) in [5.74, 6) is 0.904. The van der Waals surface area contributed by atoms with E-state index in [2.05, 4.69) is 22.1 Å². The maximum Gasteiger partial charge on any atom is 0.136 e. The number of rotatable bonds is 3. The summed E-state index contributed by atoms with van der Waals surface area (Å²) in [7, 11) is 0. The number of nitrogens with zero attached hydrogens (tertiary/aromatic N) is 2. The molecule has 1 aliphatic rings. The first kappa shape index (κ1) is 10.4. The minimum atomic E-state index is 0.0603. The van der Waals surface area contributed by atoms with E-state index in [0.29, 0.717) is 6.54 Å². The Kier molecular flexibility index (Phi) is 2.41. The van der Waals surface area contributed by atoms with Crippen molar-refractivity contribution in [1.82, 2.24) is 9.97 Å². The van der Waals surface area contributed by atoms with Crippen LogP contribution >= 0.6 is 0 Å². The Morgan fingerprint density at radius 2 is 1.88 bits per heavy atom. The summed E-state index contributed by atoms with van der Waals surface area (Å²) in [6, 6.07) is 12.1. The Bertz CT molecular complexity index is 518. The van der Waals surface area contributed by atoms with Crippen LogP contribution in [0.3, 0.4) is 0 Å². The maximum absolute atomic E-state index is 5.81. The third kappa shape index (κ3) is 1.83. The highest BCUT2D eigenvalue weighted by Gasteiger charge is 2.45. The SMILES string of the molecule is NCC1(c2nccc(-c3ccccc3)n2)CC1. The van der Waals surface area contributed by atoms with E-state index in [-0.39, 0.29) is 5.41 Å². The van der Waals surface area contributed by atoms with Crippen molar-refractivity contribution in [3.8, 4) is 11.3 Å². The molecule has 0 bridgehead atoms. The van der Waals surface area contributed by atoms with Crippen LogP contribution in [0.25, 0.3) is 11.3 Å². The molecule has 0 radical (unpaired) electrons. The lowest BCUT2D eigenvalue weighted by Crippen LogP contribution is -2.22. The molecular weight excluding hydrogens is 210 g/mol. The van der Waals surface area contributed by atoms with E-state index in [1.54, 1.807) is 0 Å². The van der Waals surface area contributed by atoms with Crippen molar-refractivity contribution in [1.29, 1.82) is 0 Å². The van der Waals surface area contributed by atoms with Gasteiger partial charge in [0.15, 0.2) is 0 Å². The maximum atomic E-state index is 5.81. The molecule has 0 spiro atoms. The molecule has 1 aliphatic carbocycles. The number of hydrogen-bond acceptors (Lipinski definition) is 3. The molecule has 1 aromatic carbocycles. The van der Waals surface area contributed by atoms with Crippen LogP contribution in [0.2, 0.25) is 0 Å². The highest BCUT2D eigenvalue weighted by Crippen LogP contribution is 2.45. The molecule has 1 aromatic heterocycles. The van der Waals surface area contributed by atoms with Gasteiger partial charge in [-0.15, -0.1) is 0 Å². The molecule has 2 N–H and O–H groups in total. The number of aromatic nitrogens is 2. The van der Waals surface area contributed by atoms with Crippen molar-refractivity contribution >= 4 is 0 Å². The van der Waals surface area contributed by atoms with Crippen molar-refractivity contribution in [2.45, 2.75) is 18.3 Å². The van der Waals surface area contributed by atoms with E-state index in [1.807, 2.05) is 30.5 Å². The summed E-state index contributed by atoms with van der Waals surface area (Å²) < 4.78 is 0. The van der Waals surface area contributed by atoms with Gasteiger partial charge in [0.05, 0.1) is 5.69 Å². The van der Waals surface area contributed by atoms with Crippen LogP contribution in [-0.4, -0.2) is 16.5 Å². The molecule has 1 heterocycles. The summed E-state index contributed by atoms with van der Waals surface area (Å²) in [5, 5.41) is 0. The van der Waals surface area contributed by atoms with Gasteiger partial charge in [0.1, 0.15) is 5.82 Å². The zero-order valence-electron chi connectivity index (χ0n) is 9.63. The minimum Gasteiger partial charge on any atom is -0.329 e. The average molecular weight is 225 g/mol. The first-order valence-corrected chi connectivity index (χ1v) is 5.93. The molecule has 3 rings (SSSR count). The summed E-state index contributed by atoms with van der Waals surface area (Å²) in [6.45, 7) is 0.644. The Morgan fingerprint density at radius 3 is 2.53 bits per heavy atom. The zero-order chi connectivity index (χ0) is 11.7. The quantitative estimate of drug-likeness (QED) is 0.870. The summed E-state index contributed by atoms with van der Waals surface area (Å²) in [5.41, 5.74) is 7.98. The van der Waals surface area contributed by atoms with Crippen LogP contribution in [0.4, 0.5) is 0 Å². The topological polar surface area (TPSA) is 51.8 Å². The van der Waals surface area contributed by atoms with E-state index >= 15 is 0 Å². The lowest BCUT2D eigenvalue weighted by Gasteiger charge is -2.11. The Balaban J connectivity index is 2.00. The van der Waals surface area contributed by atoms with E-state index < -0.39 is 0 Å². The zero-order valence-corrected chi connectivity index (χ0v) is 9.63. The number of nitrogens with two attached hydrogens (primary N) is 1. The van der Waals surface area contributed by atoms with Gasteiger partial charge in [-0.25, -0.2) is 9.97 Å². The molecule has 1 fully saturated rings. The third-order valence-corrected chi connectivity index (χ3v) is 3.44. The fourth-order valence-electron chi connectivity index (χ4n) is 2.05. The van der Waals surface area contributed by atoms with Gasteiger partial charge in [-0.05, 0) is 18.9 Å². The Morgan fingerprint density at radius 1 is 1.12 bits per heavy atom. The number of benzene rings is 1. The van der Waals surface area contributed by atoms with Gasteiger partial charge in [0, 0.05) is 23.7 Å². The lowest BCUT2D eigenvalue weighted by molar-refractivity contribution is 0.649. The van der Waals surface area contributed by atoms with E-state index in [1.165, 1.54) is 0 Å². The van der Waals surface area contributed by atoms with Gasteiger partial charge in [0.2, 0.25) is 0 Å². The van der Waals surface area contributed by atoms with Crippen molar-refractivity contribution < 1.29 is 0 Å². The molecule has 0 aliphatic heterocycles. The molecule has 0 amide bonds. The largest absolute Gasteiger partial charge is 0.329 e. The van der Waals surface area contributed by atoms with Gasteiger partial charge < -0.3 is 5.73 Å². The summed E-state index contributed by atoms with van der Waals surface area (Å²) in [6.07, 6.45) is 4.06. The highest BCUT2D eigenvalue weighted by molar-refractivity contribution is 5.58. The van der Waals surface area contributed by atoms with Crippen LogP contribution in [0.5, 0.6) is 0 Å². The summed E-state index contributed by atoms with van der Waals surface area (Å²) >= 11 is 0. The standard InChI is InChI=1S/C14H15N3/c15-10-14(7-8-14)13-16-9-6-12(17-13)11-4-2-1-3-5-11/h1-6,9H,7-8,10,15H2. The van der Waals surface area contributed by atoms with E-state index in [0.717, 1.165) is 29.9 Å². The molecule has 0 saturated heterocycles. The third-order valence-electron chi connectivity index (χ3n) is 3.44. The number of hydrogen-bond donors (Lipinski definition) is 1. The average Bonchev–Trinajstić information content (AvgIpc) is 3.21. The normalized spacial score (nSPS) is 16.8. The lowest BCUT2D eigenvalue weighted by atomic mass is 10.1. The van der Waals surface area contributed by atoms with Crippen LogP contribution in [0.15, 0.2) is 42.6 Å². The summed E-state index contributed by atoms with van der Waals surface area (Å²) in [4.78, 5) is 9.04. The molecule has 2 aromatic rings. The molecular formula is C14H15N3. The monoisotopic (exact) mass is 225 g/mol. The van der Waals surface area contributed by atoms with Crippen LogP contribution in [0.1, 0.15) is 18.7 Å². The first-order valence-electron chi connectivity index (χ1n) is 5.93. The second-order valence-electron chi connectivity index (χ2n) is 4.62. The fraction of sp³-hybridized carbons (Fsp3) is 0.286. The second-order valence-corrected chi connectivity index (χ2v) is 4.62.